The molecule has 0 aliphatic rings. The van der Waals surface area contributed by atoms with E-state index in [0.717, 1.165) is 28.0 Å². The number of hydrogen-bond donors (Lipinski definition) is 0. The lowest BCUT2D eigenvalue weighted by Crippen LogP contribution is -2.07. The molecule has 2 aromatic carbocycles. The van der Waals surface area contributed by atoms with Gasteiger partial charge in [-0.2, -0.15) is 0 Å². The van der Waals surface area contributed by atoms with Crippen LogP contribution in [0.25, 0.3) is 10.8 Å². The molecule has 3 heteroatoms. The Morgan fingerprint density at radius 2 is 1.55 bits per heavy atom. The maximum absolute atomic E-state index is 5.90. The molecule has 0 saturated heterocycles. The standard InChI is InChI=1S/C17H22O3/c1-11(2)19-14-7-8-15-13(10-14)6-9-16(18-5)17(15)20-12(3)4/h6-12H,1-5H3. The molecule has 0 radical (unpaired) electrons. The molecule has 0 N–H and O–H groups in total. The predicted molar refractivity (Wildman–Crippen MR) is 82.0 cm³/mol. The van der Waals surface area contributed by atoms with Crippen molar-refractivity contribution >= 4 is 10.8 Å². The Labute approximate surface area is 120 Å². The molecule has 0 amide bonds. The van der Waals surface area contributed by atoms with Gasteiger partial charge in [-0.15, -0.1) is 0 Å². The van der Waals surface area contributed by atoms with Gasteiger partial charge >= 0.3 is 0 Å². The number of methoxy groups -OCH3 is 1. The molecule has 2 rings (SSSR count). The summed E-state index contributed by atoms with van der Waals surface area (Å²) in [7, 11) is 1.66. The fraction of sp³-hybridized carbons (Fsp3) is 0.412. The van der Waals surface area contributed by atoms with Crippen molar-refractivity contribution < 1.29 is 14.2 Å². The molecule has 3 nitrogen and oxygen atoms in total. The van der Waals surface area contributed by atoms with Crippen LogP contribution in [0.3, 0.4) is 0 Å². The van der Waals surface area contributed by atoms with Gasteiger partial charge in [0.2, 0.25) is 0 Å². The van der Waals surface area contributed by atoms with Gasteiger partial charge in [-0.1, -0.05) is 6.07 Å². The largest absolute Gasteiger partial charge is 0.493 e. The van der Waals surface area contributed by atoms with Crippen LogP contribution < -0.4 is 14.2 Å². The second-order valence-electron chi connectivity index (χ2n) is 5.31. The molecule has 0 atom stereocenters. The van der Waals surface area contributed by atoms with Gasteiger partial charge in [0.25, 0.3) is 0 Å². The summed E-state index contributed by atoms with van der Waals surface area (Å²) in [5, 5.41) is 2.12. The fourth-order valence-corrected chi connectivity index (χ4v) is 2.12. The molecule has 0 unspecified atom stereocenters. The molecule has 0 heterocycles. The summed E-state index contributed by atoms with van der Waals surface area (Å²) in [6.45, 7) is 8.06. The maximum atomic E-state index is 5.90. The summed E-state index contributed by atoms with van der Waals surface area (Å²) >= 11 is 0. The third-order valence-electron chi connectivity index (χ3n) is 2.85. The van der Waals surface area contributed by atoms with Crippen molar-refractivity contribution in [1.82, 2.24) is 0 Å². The molecule has 0 fully saturated rings. The van der Waals surface area contributed by atoms with Crippen molar-refractivity contribution in [2.75, 3.05) is 7.11 Å². The maximum Gasteiger partial charge on any atom is 0.169 e. The van der Waals surface area contributed by atoms with Crippen LogP contribution in [0.2, 0.25) is 0 Å². The Hall–Kier alpha value is -1.90. The van der Waals surface area contributed by atoms with Gasteiger partial charge in [0.15, 0.2) is 11.5 Å². The van der Waals surface area contributed by atoms with Crippen LogP contribution in [-0.4, -0.2) is 19.3 Å². The quantitative estimate of drug-likeness (QED) is 0.807. The van der Waals surface area contributed by atoms with Crippen molar-refractivity contribution in [3.63, 3.8) is 0 Å². The Morgan fingerprint density at radius 3 is 2.15 bits per heavy atom. The molecular weight excluding hydrogens is 252 g/mol. The van der Waals surface area contributed by atoms with E-state index in [1.807, 2.05) is 58.0 Å². The number of hydrogen-bond acceptors (Lipinski definition) is 3. The van der Waals surface area contributed by atoms with Crippen LogP contribution in [-0.2, 0) is 0 Å². The van der Waals surface area contributed by atoms with Crippen LogP contribution in [0.4, 0.5) is 0 Å². The molecule has 2 aromatic rings. The average molecular weight is 274 g/mol. The first-order chi connectivity index (χ1) is 9.51. The van der Waals surface area contributed by atoms with E-state index in [9.17, 15) is 0 Å². The highest BCUT2D eigenvalue weighted by molar-refractivity contribution is 5.91. The van der Waals surface area contributed by atoms with E-state index in [4.69, 9.17) is 14.2 Å². The normalized spacial score (nSPS) is 11.2. The lowest BCUT2D eigenvalue weighted by Gasteiger charge is -2.17. The zero-order chi connectivity index (χ0) is 14.7. The van der Waals surface area contributed by atoms with E-state index in [1.165, 1.54) is 0 Å². The smallest absolute Gasteiger partial charge is 0.169 e. The number of rotatable bonds is 5. The summed E-state index contributed by atoms with van der Waals surface area (Å²) in [6.07, 6.45) is 0.262. The Morgan fingerprint density at radius 1 is 0.850 bits per heavy atom. The Kier molecular flexibility index (Phi) is 4.38. The average Bonchev–Trinajstić information content (AvgIpc) is 2.37. The lowest BCUT2D eigenvalue weighted by atomic mass is 10.1. The molecule has 0 bridgehead atoms. The van der Waals surface area contributed by atoms with E-state index in [-0.39, 0.29) is 12.2 Å². The highest BCUT2D eigenvalue weighted by atomic mass is 16.5. The highest BCUT2D eigenvalue weighted by Gasteiger charge is 2.12. The first kappa shape index (κ1) is 14.5. The summed E-state index contributed by atoms with van der Waals surface area (Å²) in [5.41, 5.74) is 0. The minimum atomic E-state index is 0.0982. The fourth-order valence-electron chi connectivity index (χ4n) is 2.12. The molecule has 0 aliphatic carbocycles. The van der Waals surface area contributed by atoms with Gasteiger partial charge in [-0.25, -0.2) is 0 Å². The van der Waals surface area contributed by atoms with Crippen molar-refractivity contribution in [3.8, 4) is 17.2 Å². The minimum Gasteiger partial charge on any atom is -0.493 e. The molecule has 0 aliphatic heterocycles. The van der Waals surface area contributed by atoms with E-state index in [1.54, 1.807) is 7.11 Å². The monoisotopic (exact) mass is 274 g/mol. The minimum absolute atomic E-state index is 0.0982. The third-order valence-corrected chi connectivity index (χ3v) is 2.85. The van der Waals surface area contributed by atoms with Gasteiger partial charge in [-0.05, 0) is 57.3 Å². The lowest BCUT2D eigenvalue weighted by molar-refractivity contribution is 0.233. The van der Waals surface area contributed by atoms with Crippen LogP contribution >= 0.6 is 0 Å². The van der Waals surface area contributed by atoms with Crippen molar-refractivity contribution in [3.05, 3.63) is 30.3 Å². The van der Waals surface area contributed by atoms with E-state index >= 15 is 0 Å². The molecule has 20 heavy (non-hydrogen) atoms. The van der Waals surface area contributed by atoms with Crippen LogP contribution in [0.15, 0.2) is 30.3 Å². The summed E-state index contributed by atoms with van der Waals surface area (Å²) < 4.78 is 17.0. The van der Waals surface area contributed by atoms with E-state index in [2.05, 4.69) is 0 Å². The molecule has 108 valence electrons. The topological polar surface area (TPSA) is 27.7 Å². The number of benzene rings is 2. The van der Waals surface area contributed by atoms with Crippen molar-refractivity contribution in [2.45, 2.75) is 39.9 Å². The molecule has 0 aromatic heterocycles. The van der Waals surface area contributed by atoms with Gasteiger partial charge < -0.3 is 14.2 Å². The van der Waals surface area contributed by atoms with Crippen LogP contribution in [0.5, 0.6) is 17.2 Å². The summed E-state index contributed by atoms with van der Waals surface area (Å²) in [6, 6.07) is 9.97. The first-order valence-corrected chi connectivity index (χ1v) is 6.95. The van der Waals surface area contributed by atoms with E-state index in [0.29, 0.717) is 0 Å². The van der Waals surface area contributed by atoms with Crippen molar-refractivity contribution in [2.24, 2.45) is 0 Å². The van der Waals surface area contributed by atoms with E-state index < -0.39 is 0 Å². The van der Waals surface area contributed by atoms with Gasteiger partial charge in [0, 0.05) is 5.39 Å². The summed E-state index contributed by atoms with van der Waals surface area (Å²) in [4.78, 5) is 0. The molecule has 0 spiro atoms. The van der Waals surface area contributed by atoms with Gasteiger partial charge in [0.1, 0.15) is 5.75 Å². The van der Waals surface area contributed by atoms with Crippen LogP contribution in [0.1, 0.15) is 27.7 Å². The SMILES string of the molecule is COc1ccc2cc(OC(C)C)ccc2c1OC(C)C. The first-order valence-electron chi connectivity index (χ1n) is 6.95. The predicted octanol–water partition coefficient (Wildman–Crippen LogP) is 4.42. The third kappa shape index (κ3) is 3.16. The van der Waals surface area contributed by atoms with Gasteiger partial charge in [0.05, 0.1) is 19.3 Å². The molecule has 0 saturated carbocycles. The number of ether oxygens (including phenoxy) is 3. The van der Waals surface area contributed by atoms with Gasteiger partial charge in [-0.3, -0.25) is 0 Å². The van der Waals surface area contributed by atoms with Crippen molar-refractivity contribution in [1.29, 1.82) is 0 Å². The highest BCUT2D eigenvalue weighted by Crippen LogP contribution is 2.37. The Bertz CT molecular complexity index is 588. The second kappa shape index (κ2) is 6.04. The Balaban J connectivity index is 2.51. The number of fused-ring (bicyclic) bond motifs is 1. The summed E-state index contributed by atoms with van der Waals surface area (Å²) in [5.74, 6) is 2.41. The molecular formula is C17H22O3. The van der Waals surface area contributed by atoms with Crippen LogP contribution in [0, 0.1) is 0 Å². The second-order valence-corrected chi connectivity index (χ2v) is 5.31. The zero-order valence-electron chi connectivity index (χ0n) is 12.8. The zero-order valence-corrected chi connectivity index (χ0v) is 12.8.